The van der Waals surface area contributed by atoms with Gasteiger partial charge in [-0.05, 0) is 19.4 Å². The summed E-state index contributed by atoms with van der Waals surface area (Å²) in [5.41, 5.74) is 2.48. The minimum Gasteiger partial charge on any atom is -0.492 e. The molecular weight excluding hydrogens is 252 g/mol. The van der Waals surface area contributed by atoms with E-state index < -0.39 is 0 Å². The van der Waals surface area contributed by atoms with Gasteiger partial charge >= 0.3 is 0 Å². The number of aryl methyl sites for hydroxylation is 1. The van der Waals surface area contributed by atoms with Crippen molar-refractivity contribution in [1.82, 2.24) is 9.78 Å². The van der Waals surface area contributed by atoms with E-state index in [1.165, 1.54) is 0 Å². The molecule has 0 aliphatic rings. The fourth-order valence-electron chi connectivity index (χ4n) is 2.03. The molecule has 20 heavy (non-hydrogen) atoms. The monoisotopic (exact) mass is 272 g/mol. The number of rotatable bonds is 7. The van der Waals surface area contributed by atoms with Crippen LogP contribution in [-0.4, -0.2) is 22.7 Å². The van der Waals surface area contributed by atoms with Gasteiger partial charge in [-0.15, -0.1) is 0 Å². The van der Waals surface area contributed by atoms with Crippen molar-refractivity contribution >= 4 is 6.29 Å². The number of benzene rings is 1. The number of carbonyl (C=O) groups is 1. The molecule has 0 fully saturated rings. The number of aromatic nitrogens is 2. The molecule has 0 saturated heterocycles. The summed E-state index contributed by atoms with van der Waals surface area (Å²) in [7, 11) is 0. The Morgan fingerprint density at radius 1 is 1.35 bits per heavy atom. The summed E-state index contributed by atoms with van der Waals surface area (Å²) < 4.78 is 7.69. The molecule has 0 unspecified atom stereocenters. The summed E-state index contributed by atoms with van der Waals surface area (Å²) >= 11 is 0. The molecule has 0 atom stereocenters. The SMILES string of the molecule is CCCCOc1c(C=O)cccc1-c1cnn(CC)c1. The van der Waals surface area contributed by atoms with Crippen molar-refractivity contribution in [1.29, 1.82) is 0 Å². The second kappa shape index (κ2) is 6.89. The maximum atomic E-state index is 11.2. The minimum absolute atomic E-state index is 0.586. The van der Waals surface area contributed by atoms with Crippen molar-refractivity contribution < 1.29 is 9.53 Å². The number of aldehydes is 1. The Balaban J connectivity index is 2.37. The molecule has 0 spiro atoms. The van der Waals surface area contributed by atoms with Crippen LogP contribution in [0.3, 0.4) is 0 Å². The average molecular weight is 272 g/mol. The number of nitrogens with zero attached hydrogens (tertiary/aromatic N) is 2. The third-order valence-electron chi connectivity index (χ3n) is 3.18. The van der Waals surface area contributed by atoms with Gasteiger partial charge in [0.25, 0.3) is 0 Å². The largest absolute Gasteiger partial charge is 0.492 e. The summed E-state index contributed by atoms with van der Waals surface area (Å²) in [4.78, 5) is 11.2. The highest BCUT2D eigenvalue weighted by Crippen LogP contribution is 2.32. The Morgan fingerprint density at radius 2 is 2.20 bits per heavy atom. The van der Waals surface area contributed by atoms with Gasteiger partial charge in [-0.3, -0.25) is 9.48 Å². The van der Waals surface area contributed by atoms with Crippen molar-refractivity contribution in [2.75, 3.05) is 6.61 Å². The summed E-state index contributed by atoms with van der Waals surface area (Å²) in [6, 6.07) is 5.61. The molecule has 106 valence electrons. The fraction of sp³-hybridized carbons (Fsp3) is 0.375. The molecular formula is C16H20N2O2. The van der Waals surface area contributed by atoms with Crippen LogP contribution in [0.15, 0.2) is 30.6 Å². The van der Waals surface area contributed by atoms with Crippen molar-refractivity contribution in [3.05, 3.63) is 36.2 Å². The van der Waals surface area contributed by atoms with Gasteiger partial charge in [0, 0.05) is 23.9 Å². The third-order valence-corrected chi connectivity index (χ3v) is 3.18. The van der Waals surface area contributed by atoms with Crippen LogP contribution in [0.4, 0.5) is 0 Å². The quantitative estimate of drug-likeness (QED) is 0.572. The number of para-hydroxylation sites is 1. The van der Waals surface area contributed by atoms with Gasteiger partial charge in [0.1, 0.15) is 5.75 Å². The van der Waals surface area contributed by atoms with E-state index in [9.17, 15) is 4.79 Å². The fourth-order valence-corrected chi connectivity index (χ4v) is 2.03. The molecule has 1 aromatic carbocycles. The zero-order valence-electron chi connectivity index (χ0n) is 12.0. The normalized spacial score (nSPS) is 10.5. The van der Waals surface area contributed by atoms with E-state index in [4.69, 9.17) is 4.74 Å². The number of unbranched alkanes of at least 4 members (excludes halogenated alkanes) is 1. The second-order valence-electron chi connectivity index (χ2n) is 4.63. The van der Waals surface area contributed by atoms with Gasteiger partial charge in [0.15, 0.2) is 6.29 Å². The van der Waals surface area contributed by atoms with E-state index in [0.717, 1.165) is 36.8 Å². The highest BCUT2D eigenvalue weighted by atomic mass is 16.5. The van der Waals surface area contributed by atoms with E-state index in [1.807, 2.05) is 29.9 Å². The number of ether oxygens (including phenoxy) is 1. The van der Waals surface area contributed by atoms with Crippen molar-refractivity contribution in [2.45, 2.75) is 33.2 Å². The second-order valence-corrected chi connectivity index (χ2v) is 4.63. The van der Waals surface area contributed by atoms with E-state index in [-0.39, 0.29) is 0 Å². The molecule has 0 radical (unpaired) electrons. The van der Waals surface area contributed by atoms with Crippen LogP contribution in [0.5, 0.6) is 5.75 Å². The lowest BCUT2D eigenvalue weighted by Gasteiger charge is -2.12. The first-order chi connectivity index (χ1) is 9.80. The lowest BCUT2D eigenvalue weighted by Crippen LogP contribution is -2.01. The molecule has 0 aliphatic heterocycles. The lowest BCUT2D eigenvalue weighted by atomic mass is 10.0. The van der Waals surface area contributed by atoms with E-state index in [0.29, 0.717) is 17.9 Å². The van der Waals surface area contributed by atoms with Crippen LogP contribution < -0.4 is 4.74 Å². The van der Waals surface area contributed by atoms with Gasteiger partial charge < -0.3 is 4.74 Å². The highest BCUT2D eigenvalue weighted by Gasteiger charge is 2.12. The summed E-state index contributed by atoms with van der Waals surface area (Å²) in [5, 5.41) is 4.28. The Labute approximate surface area is 119 Å². The van der Waals surface area contributed by atoms with Crippen LogP contribution >= 0.6 is 0 Å². The lowest BCUT2D eigenvalue weighted by molar-refractivity contribution is 0.111. The molecule has 1 aromatic heterocycles. The van der Waals surface area contributed by atoms with E-state index in [2.05, 4.69) is 12.0 Å². The Morgan fingerprint density at radius 3 is 2.85 bits per heavy atom. The van der Waals surface area contributed by atoms with E-state index >= 15 is 0 Å². The number of carbonyl (C=O) groups excluding carboxylic acids is 1. The van der Waals surface area contributed by atoms with Gasteiger partial charge in [0.05, 0.1) is 18.4 Å². The molecule has 0 bridgehead atoms. The summed E-state index contributed by atoms with van der Waals surface area (Å²) in [6.07, 6.45) is 6.65. The molecule has 4 heteroatoms. The first kappa shape index (κ1) is 14.3. The van der Waals surface area contributed by atoms with E-state index in [1.54, 1.807) is 12.3 Å². The maximum absolute atomic E-state index is 11.2. The average Bonchev–Trinajstić information content (AvgIpc) is 2.96. The molecule has 0 saturated carbocycles. The molecule has 2 rings (SSSR count). The van der Waals surface area contributed by atoms with Crippen LogP contribution in [0.25, 0.3) is 11.1 Å². The zero-order chi connectivity index (χ0) is 14.4. The highest BCUT2D eigenvalue weighted by molar-refractivity contribution is 5.85. The predicted octanol–water partition coefficient (Wildman–Crippen LogP) is 3.56. The van der Waals surface area contributed by atoms with Gasteiger partial charge in [-0.25, -0.2) is 0 Å². The molecule has 0 N–H and O–H groups in total. The van der Waals surface area contributed by atoms with Crippen molar-refractivity contribution in [2.24, 2.45) is 0 Å². The number of hydrogen-bond acceptors (Lipinski definition) is 3. The standard InChI is InChI=1S/C16H20N2O2/c1-3-5-9-20-16-13(12-19)7-6-8-15(16)14-10-17-18(4-2)11-14/h6-8,10-12H,3-5,9H2,1-2H3. The molecule has 2 aromatic rings. The molecule has 4 nitrogen and oxygen atoms in total. The Kier molecular flexibility index (Phi) is 4.93. The van der Waals surface area contributed by atoms with Gasteiger partial charge in [0.2, 0.25) is 0 Å². The maximum Gasteiger partial charge on any atom is 0.153 e. The molecule has 0 aliphatic carbocycles. The summed E-state index contributed by atoms with van der Waals surface area (Å²) in [6.45, 7) is 5.59. The predicted molar refractivity (Wildman–Crippen MR) is 79.1 cm³/mol. The van der Waals surface area contributed by atoms with Crippen molar-refractivity contribution in [3.8, 4) is 16.9 Å². The minimum atomic E-state index is 0.586. The van der Waals surface area contributed by atoms with Crippen LogP contribution in [0, 0.1) is 0 Å². The first-order valence-electron chi connectivity index (χ1n) is 7.04. The third kappa shape index (κ3) is 3.07. The van der Waals surface area contributed by atoms with Gasteiger partial charge in [-0.2, -0.15) is 5.10 Å². The van der Waals surface area contributed by atoms with Crippen LogP contribution in [0.1, 0.15) is 37.0 Å². The molecule has 0 amide bonds. The Hall–Kier alpha value is -2.10. The zero-order valence-corrected chi connectivity index (χ0v) is 12.0. The van der Waals surface area contributed by atoms with Gasteiger partial charge in [-0.1, -0.05) is 25.5 Å². The Bertz CT molecular complexity index is 576. The van der Waals surface area contributed by atoms with Crippen LogP contribution in [-0.2, 0) is 6.54 Å². The topological polar surface area (TPSA) is 44.1 Å². The van der Waals surface area contributed by atoms with Crippen molar-refractivity contribution in [3.63, 3.8) is 0 Å². The smallest absolute Gasteiger partial charge is 0.153 e. The molecule has 1 heterocycles. The van der Waals surface area contributed by atoms with Crippen LogP contribution in [0.2, 0.25) is 0 Å². The number of hydrogen-bond donors (Lipinski definition) is 0. The summed E-state index contributed by atoms with van der Waals surface area (Å²) in [5.74, 6) is 0.659. The first-order valence-corrected chi connectivity index (χ1v) is 7.04.